The number of hydrogen-bond acceptors (Lipinski definition) is 5. The molecule has 0 spiro atoms. The molecule has 1 aliphatic heterocycles. The zero-order valence-electron chi connectivity index (χ0n) is 12.5. The van der Waals surface area contributed by atoms with Gasteiger partial charge in [0.25, 0.3) is 5.91 Å². The predicted molar refractivity (Wildman–Crippen MR) is 85.9 cm³/mol. The summed E-state index contributed by atoms with van der Waals surface area (Å²) in [6.45, 7) is 1.98. The summed E-state index contributed by atoms with van der Waals surface area (Å²) < 4.78 is 1.49. The van der Waals surface area contributed by atoms with E-state index in [-0.39, 0.29) is 5.69 Å². The molecule has 2 aromatic rings. The number of amides is 1. The van der Waals surface area contributed by atoms with Crippen LogP contribution in [0.1, 0.15) is 22.5 Å². The van der Waals surface area contributed by atoms with Crippen molar-refractivity contribution >= 4 is 23.6 Å². The van der Waals surface area contributed by atoms with E-state index in [0.717, 1.165) is 11.3 Å². The minimum atomic E-state index is -1.21. The van der Waals surface area contributed by atoms with Crippen LogP contribution in [0.2, 0.25) is 0 Å². The molecule has 2 heterocycles. The smallest absolute Gasteiger partial charge is 0.330 e. The van der Waals surface area contributed by atoms with Gasteiger partial charge >= 0.3 is 5.97 Å². The summed E-state index contributed by atoms with van der Waals surface area (Å²) in [5.41, 5.74) is 0.790. The lowest BCUT2D eigenvalue weighted by Crippen LogP contribution is -2.54. The summed E-state index contributed by atoms with van der Waals surface area (Å²) in [7, 11) is 0. The Morgan fingerprint density at radius 1 is 1.35 bits per heavy atom. The van der Waals surface area contributed by atoms with E-state index in [2.05, 4.69) is 15.6 Å². The van der Waals surface area contributed by atoms with Gasteiger partial charge in [-0.15, -0.1) is 5.10 Å². The number of carbonyl (C=O) groups excluding carboxylic acids is 1. The van der Waals surface area contributed by atoms with Gasteiger partial charge in [0, 0.05) is 5.75 Å². The van der Waals surface area contributed by atoms with E-state index in [0.29, 0.717) is 17.9 Å². The zero-order valence-corrected chi connectivity index (χ0v) is 13.3. The summed E-state index contributed by atoms with van der Waals surface area (Å²) >= 11 is 1.51. The molecule has 1 aliphatic rings. The van der Waals surface area contributed by atoms with Gasteiger partial charge in [-0.2, -0.15) is 11.8 Å². The fourth-order valence-corrected chi connectivity index (χ4v) is 3.68. The van der Waals surface area contributed by atoms with Crippen LogP contribution in [0, 0.1) is 6.92 Å². The molecule has 0 saturated carbocycles. The maximum atomic E-state index is 12.3. The molecule has 1 saturated heterocycles. The molecule has 8 heteroatoms. The first-order chi connectivity index (χ1) is 11.0. The number of benzene rings is 1. The van der Waals surface area contributed by atoms with Crippen molar-refractivity contribution in [3.05, 3.63) is 41.7 Å². The molecule has 1 aromatic carbocycles. The number of nitrogens with one attached hydrogen (secondary N) is 1. The summed E-state index contributed by atoms with van der Waals surface area (Å²) in [6.07, 6.45) is 1.91. The van der Waals surface area contributed by atoms with Gasteiger partial charge in [-0.05, 0) is 31.2 Å². The Balaban J connectivity index is 1.78. The molecule has 3 rings (SSSR count). The molecule has 1 atom stereocenters. The van der Waals surface area contributed by atoms with Gasteiger partial charge in [0.15, 0.2) is 5.69 Å². The van der Waals surface area contributed by atoms with Crippen LogP contribution in [0.4, 0.5) is 0 Å². The number of aliphatic carboxylic acids is 1. The molecule has 0 aliphatic carbocycles. The van der Waals surface area contributed by atoms with Crippen LogP contribution in [-0.2, 0) is 4.79 Å². The normalized spacial score (nSPS) is 20.4. The topological polar surface area (TPSA) is 97.1 Å². The molecule has 120 valence electrons. The summed E-state index contributed by atoms with van der Waals surface area (Å²) in [5.74, 6) is -0.460. The first-order valence-electron chi connectivity index (χ1n) is 7.13. The number of hydrogen-bond donors (Lipinski definition) is 2. The number of nitrogens with zero attached hydrogens (tertiary/aromatic N) is 3. The molecule has 1 fully saturated rings. The Labute approximate surface area is 137 Å². The largest absolute Gasteiger partial charge is 0.479 e. The second-order valence-electron chi connectivity index (χ2n) is 5.53. The Bertz CT molecular complexity index is 735. The highest BCUT2D eigenvalue weighted by Crippen LogP contribution is 2.28. The van der Waals surface area contributed by atoms with Crippen molar-refractivity contribution in [2.24, 2.45) is 0 Å². The molecule has 1 unspecified atom stereocenters. The Morgan fingerprint density at radius 3 is 2.70 bits per heavy atom. The van der Waals surface area contributed by atoms with Gasteiger partial charge in [0.05, 0.1) is 11.9 Å². The molecule has 1 aromatic heterocycles. The van der Waals surface area contributed by atoms with Gasteiger partial charge in [0.2, 0.25) is 0 Å². The van der Waals surface area contributed by atoms with Crippen LogP contribution in [0.25, 0.3) is 5.69 Å². The van der Waals surface area contributed by atoms with Crippen molar-refractivity contribution in [2.75, 3.05) is 11.5 Å². The van der Waals surface area contributed by atoms with Gasteiger partial charge in [0.1, 0.15) is 5.54 Å². The number of aryl methyl sites for hydroxylation is 1. The highest BCUT2D eigenvalue weighted by Gasteiger charge is 2.43. The lowest BCUT2D eigenvalue weighted by molar-refractivity contribution is -0.143. The van der Waals surface area contributed by atoms with E-state index in [9.17, 15) is 14.7 Å². The van der Waals surface area contributed by atoms with Crippen molar-refractivity contribution in [2.45, 2.75) is 18.9 Å². The number of aromatic nitrogens is 3. The van der Waals surface area contributed by atoms with E-state index in [1.165, 1.54) is 22.6 Å². The van der Waals surface area contributed by atoms with E-state index < -0.39 is 17.4 Å². The monoisotopic (exact) mass is 332 g/mol. The summed E-state index contributed by atoms with van der Waals surface area (Å²) in [4.78, 5) is 23.8. The van der Waals surface area contributed by atoms with Gasteiger partial charge in [-0.1, -0.05) is 22.9 Å². The minimum Gasteiger partial charge on any atom is -0.479 e. The van der Waals surface area contributed by atoms with Crippen LogP contribution in [0.15, 0.2) is 30.5 Å². The average Bonchev–Trinajstić information content (AvgIpc) is 3.17. The standard InChI is InChI=1S/C15H16N4O3S/c1-10-2-4-11(5-3-10)19-8-12(17-18-19)13(20)16-15(14(21)22)6-7-23-9-15/h2-5,8H,6-7,9H2,1H3,(H,16,20)(H,21,22). The van der Waals surface area contributed by atoms with Crippen molar-refractivity contribution in [1.29, 1.82) is 0 Å². The number of thioether (sulfide) groups is 1. The number of carbonyl (C=O) groups is 2. The van der Waals surface area contributed by atoms with Crippen molar-refractivity contribution in [3.8, 4) is 5.69 Å². The third kappa shape index (κ3) is 3.07. The Kier molecular flexibility index (Phi) is 4.08. The van der Waals surface area contributed by atoms with E-state index >= 15 is 0 Å². The van der Waals surface area contributed by atoms with Crippen LogP contribution >= 0.6 is 11.8 Å². The number of carboxylic acid groups (broad SMARTS) is 1. The molecule has 0 bridgehead atoms. The van der Waals surface area contributed by atoms with Gasteiger partial charge in [-0.3, -0.25) is 4.79 Å². The van der Waals surface area contributed by atoms with Crippen LogP contribution < -0.4 is 5.32 Å². The quantitative estimate of drug-likeness (QED) is 0.875. The predicted octanol–water partition coefficient (Wildman–Crippen LogP) is 1.27. The van der Waals surface area contributed by atoms with Crippen molar-refractivity contribution in [1.82, 2.24) is 20.3 Å². The SMILES string of the molecule is Cc1ccc(-n2cc(C(=O)NC3(C(=O)O)CCSC3)nn2)cc1. The van der Waals surface area contributed by atoms with Gasteiger partial charge in [-0.25, -0.2) is 9.48 Å². The van der Waals surface area contributed by atoms with E-state index in [1.54, 1.807) is 0 Å². The molecule has 23 heavy (non-hydrogen) atoms. The molecule has 2 N–H and O–H groups in total. The third-order valence-corrected chi connectivity index (χ3v) is 5.00. The fraction of sp³-hybridized carbons (Fsp3) is 0.333. The third-order valence-electron chi connectivity index (χ3n) is 3.81. The fourth-order valence-electron chi connectivity index (χ4n) is 2.36. The Hall–Kier alpha value is -2.35. The summed E-state index contributed by atoms with van der Waals surface area (Å²) in [5, 5.41) is 19.8. The zero-order chi connectivity index (χ0) is 16.4. The van der Waals surface area contributed by atoms with Crippen LogP contribution in [-0.4, -0.2) is 49.0 Å². The summed E-state index contributed by atoms with van der Waals surface area (Å²) in [6, 6.07) is 7.62. The Morgan fingerprint density at radius 2 is 2.09 bits per heavy atom. The molecule has 1 amide bonds. The van der Waals surface area contributed by atoms with E-state index in [4.69, 9.17) is 0 Å². The lowest BCUT2D eigenvalue weighted by atomic mass is 9.99. The van der Waals surface area contributed by atoms with Crippen LogP contribution in [0.3, 0.4) is 0 Å². The van der Waals surface area contributed by atoms with Crippen molar-refractivity contribution in [3.63, 3.8) is 0 Å². The van der Waals surface area contributed by atoms with Crippen LogP contribution in [0.5, 0.6) is 0 Å². The second kappa shape index (κ2) is 6.04. The molecular weight excluding hydrogens is 316 g/mol. The molecule has 0 radical (unpaired) electrons. The molecular formula is C15H16N4O3S. The van der Waals surface area contributed by atoms with E-state index in [1.807, 2.05) is 31.2 Å². The average molecular weight is 332 g/mol. The van der Waals surface area contributed by atoms with Crippen molar-refractivity contribution < 1.29 is 14.7 Å². The lowest BCUT2D eigenvalue weighted by Gasteiger charge is -2.23. The number of rotatable bonds is 4. The highest BCUT2D eigenvalue weighted by molar-refractivity contribution is 7.99. The second-order valence-corrected chi connectivity index (χ2v) is 6.63. The first-order valence-corrected chi connectivity index (χ1v) is 8.29. The maximum Gasteiger partial charge on any atom is 0.330 e. The first kappa shape index (κ1) is 15.5. The minimum absolute atomic E-state index is 0.100. The highest BCUT2D eigenvalue weighted by atomic mass is 32.2. The van der Waals surface area contributed by atoms with Gasteiger partial charge < -0.3 is 10.4 Å². The number of carboxylic acids is 1. The molecule has 7 nitrogen and oxygen atoms in total. The maximum absolute atomic E-state index is 12.3.